The highest BCUT2D eigenvalue weighted by atomic mass is 16.7. The van der Waals surface area contributed by atoms with E-state index in [1.807, 2.05) is 0 Å². The third-order valence-electron chi connectivity index (χ3n) is 15.0. The largest absolute Gasteiger partial charge is 0.393 e. The number of hydrogen-bond donors (Lipinski definition) is 8. The van der Waals surface area contributed by atoms with Crippen molar-refractivity contribution in [1.82, 2.24) is 0 Å². The van der Waals surface area contributed by atoms with Gasteiger partial charge in [-0.05, 0) is 84.5 Å². The van der Waals surface area contributed by atoms with E-state index in [-0.39, 0.29) is 42.3 Å². The van der Waals surface area contributed by atoms with E-state index < -0.39 is 91.2 Å². The van der Waals surface area contributed by atoms with Crippen LogP contribution in [0.2, 0.25) is 0 Å². The summed E-state index contributed by atoms with van der Waals surface area (Å²) in [5.74, 6) is 0.224. The summed E-state index contributed by atoms with van der Waals surface area (Å²) in [5, 5.41) is 88.9. The Labute approximate surface area is 331 Å². The molecular formula is C42H70O14. The van der Waals surface area contributed by atoms with Crippen LogP contribution in [0.25, 0.3) is 0 Å². The second kappa shape index (κ2) is 17.5. The smallest absolute Gasteiger partial charge is 0.187 e. The molecule has 56 heavy (non-hydrogen) atoms. The maximum atomic E-state index is 12.4. The van der Waals surface area contributed by atoms with E-state index in [0.29, 0.717) is 37.5 Å². The van der Waals surface area contributed by atoms with Crippen LogP contribution in [0.4, 0.5) is 0 Å². The molecular weight excluding hydrogens is 728 g/mol. The molecule has 0 aromatic carbocycles. The molecule has 0 bridgehead atoms. The first kappa shape index (κ1) is 44.5. The van der Waals surface area contributed by atoms with E-state index in [0.717, 1.165) is 24.0 Å². The molecule has 0 radical (unpaired) electrons. The lowest BCUT2D eigenvalue weighted by molar-refractivity contribution is -0.236. The average molecular weight is 799 g/mol. The van der Waals surface area contributed by atoms with Crippen LogP contribution in [-0.4, -0.2) is 154 Å². The average Bonchev–Trinajstić information content (AvgIpc) is 3.72. The van der Waals surface area contributed by atoms with Gasteiger partial charge in [0.1, 0.15) is 54.9 Å². The summed E-state index contributed by atoms with van der Waals surface area (Å²) in [6.07, 6.45) is -8.14. The molecule has 2 heterocycles. The highest BCUT2D eigenvalue weighted by Crippen LogP contribution is 2.67. The van der Waals surface area contributed by atoms with Gasteiger partial charge in [0.15, 0.2) is 12.6 Å². The predicted molar refractivity (Wildman–Crippen MR) is 203 cm³/mol. The van der Waals surface area contributed by atoms with Gasteiger partial charge in [0.2, 0.25) is 0 Å². The Bertz CT molecular complexity index is 1390. The van der Waals surface area contributed by atoms with Crippen molar-refractivity contribution in [2.75, 3.05) is 27.4 Å². The van der Waals surface area contributed by atoms with E-state index in [4.69, 9.17) is 28.4 Å². The molecule has 21 unspecified atom stereocenters. The summed E-state index contributed by atoms with van der Waals surface area (Å²) in [7, 11) is 2.84. The zero-order valence-corrected chi connectivity index (χ0v) is 34.4. The molecule has 4 aliphatic carbocycles. The first-order chi connectivity index (χ1) is 26.4. The number of hydrogen-bond acceptors (Lipinski definition) is 14. The number of aliphatic hydroxyl groups excluding tert-OH is 8. The minimum atomic E-state index is -1.52. The highest BCUT2D eigenvalue weighted by molar-refractivity contribution is 5.40. The summed E-state index contributed by atoms with van der Waals surface area (Å²) >= 11 is 0. The maximum Gasteiger partial charge on any atom is 0.187 e. The van der Waals surface area contributed by atoms with Gasteiger partial charge >= 0.3 is 0 Å². The number of fused-ring (bicyclic) bond motifs is 4. The Morgan fingerprint density at radius 2 is 1.32 bits per heavy atom. The molecule has 6 rings (SSSR count). The Kier molecular flexibility index (Phi) is 13.9. The van der Waals surface area contributed by atoms with E-state index >= 15 is 0 Å². The number of ether oxygens (including phenoxy) is 6. The van der Waals surface area contributed by atoms with Gasteiger partial charge in [0.05, 0.1) is 31.5 Å². The summed E-state index contributed by atoms with van der Waals surface area (Å²) in [6, 6.07) is 0. The first-order valence-corrected chi connectivity index (χ1v) is 20.8. The van der Waals surface area contributed by atoms with Gasteiger partial charge in [-0.2, -0.15) is 0 Å². The van der Waals surface area contributed by atoms with Gasteiger partial charge in [-0.1, -0.05) is 59.3 Å². The lowest BCUT2D eigenvalue weighted by atomic mass is 9.47. The van der Waals surface area contributed by atoms with Crippen molar-refractivity contribution in [1.29, 1.82) is 0 Å². The Balaban J connectivity index is 1.42. The van der Waals surface area contributed by atoms with Gasteiger partial charge in [-0.15, -0.1) is 0 Å². The van der Waals surface area contributed by atoms with Crippen LogP contribution in [0.15, 0.2) is 23.3 Å². The van der Waals surface area contributed by atoms with E-state index in [1.165, 1.54) is 14.2 Å². The second-order valence-corrected chi connectivity index (χ2v) is 18.7. The molecule has 0 aromatic rings. The SMILES string of the molecule is COCC(O)C1OC(OC2CC3=C4C(OC5OC(C(O)COC)C(O)C5O)C(O)C5CC(O)CCC5(C)C4CCC3(C)C2C(C)C=CC(C)C(C)C)C(O)C1O. The normalized spacial score (nSPS) is 47.6. The van der Waals surface area contributed by atoms with Crippen molar-refractivity contribution in [3.63, 3.8) is 0 Å². The van der Waals surface area contributed by atoms with Crippen LogP contribution in [-0.2, 0) is 28.4 Å². The number of methoxy groups -OCH3 is 2. The van der Waals surface area contributed by atoms with Gasteiger partial charge in [0.25, 0.3) is 0 Å². The summed E-state index contributed by atoms with van der Waals surface area (Å²) in [5.41, 5.74) is 1.11. The van der Waals surface area contributed by atoms with E-state index in [1.54, 1.807) is 0 Å². The molecule has 21 atom stereocenters. The van der Waals surface area contributed by atoms with Gasteiger partial charge < -0.3 is 69.3 Å². The molecule has 322 valence electrons. The summed E-state index contributed by atoms with van der Waals surface area (Å²) < 4.78 is 35.6. The molecule has 8 N–H and O–H groups in total. The predicted octanol–water partition coefficient (Wildman–Crippen LogP) is 1.42. The molecule has 2 aliphatic heterocycles. The third kappa shape index (κ3) is 7.95. The lowest BCUT2D eigenvalue weighted by Crippen LogP contribution is -2.60. The van der Waals surface area contributed by atoms with Gasteiger partial charge in [-0.3, -0.25) is 0 Å². The Morgan fingerprint density at radius 1 is 0.750 bits per heavy atom. The fraction of sp³-hybridized carbons (Fsp3) is 0.905. The van der Waals surface area contributed by atoms with Crippen molar-refractivity contribution in [3.8, 4) is 0 Å². The van der Waals surface area contributed by atoms with E-state index in [2.05, 4.69) is 53.7 Å². The Morgan fingerprint density at radius 3 is 1.88 bits per heavy atom. The van der Waals surface area contributed by atoms with Crippen molar-refractivity contribution >= 4 is 0 Å². The van der Waals surface area contributed by atoms with Crippen LogP contribution in [0, 0.1) is 46.3 Å². The second-order valence-electron chi connectivity index (χ2n) is 18.7. The minimum Gasteiger partial charge on any atom is -0.393 e. The topological polar surface area (TPSA) is 217 Å². The van der Waals surface area contributed by atoms with Crippen molar-refractivity contribution in [2.45, 2.75) is 166 Å². The van der Waals surface area contributed by atoms with Gasteiger partial charge in [-0.25, -0.2) is 0 Å². The molecule has 14 nitrogen and oxygen atoms in total. The first-order valence-electron chi connectivity index (χ1n) is 20.8. The van der Waals surface area contributed by atoms with Crippen molar-refractivity contribution in [3.05, 3.63) is 23.3 Å². The van der Waals surface area contributed by atoms with Crippen LogP contribution in [0.5, 0.6) is 0 Å². The standard InChI is InChI=1S/C42H70O14/c1-19(2)20(3)9-10-21(4)30-28(53-39-34(49)32(47)36(54-39)26(44)17-51-7)16-24-29-23(12-14-42(24,30)6)41(5)13-11-22(43)15-25(41)31(46)38(29)56-40-35(50)33(48)37(55-40)27(45)18-52-8/h9-10,19-23,25-28,30-40,43-50H,11-18H2,1-8H3. The maximum absolute atomic E-state index is 12.4. The molecule has 6 aliphatic rings. The third-order valence-corrected chi connectivity index (χ3v) is 15.0. The quantitative estimate of drug-likeness (QED) is 0.117. The molecule has 0 amide bonds. The van der Waals surface area contributed by atoms with Crippen LogP contribution in [0.3, 0.4) is 0 Å². The Hall–Kier alpha value is -1.08. The van der Waals surface area contributed by atoms with Crippen molar-refractivity contribution < 1.29 is 69.3 Å². The monoisotopic (exact) mass is 798 g/mol. The molecule has 0 aromatic heterocycles. The summed E-state index contributed by atoms with van der Waals surface area (Å²) in [6.45, 7) is 12.9. The van der Waals surface area contributed by atoms with Crippen molar-refractivity contribution in [2.24, 2.45) is 46.3 Å². The minimum absolute atomic E-state index is 0.0154. The molecule has 0 spiro atoms. The van der Waals surface area contributed by atoms with Crippen LogP contribution in [0.1, 0.15) is 80.1 Å². The molecule has 14 heteroatoms. The zero-order chi connectivity index (χ0) is 41.0. The van der Waals surface area contributed by atoms with E-state index in [9.17, 15) is 40.9 Å². The molecule has 5 fully saturated rings. The fourth-order valence-electron chi connectivity index (χ4n) is 11.5. The van der Waals surface area contributed by atoms with Crippen LogP contribution >= 0.6 is 0 Å². The van der Waals surface area contributed by atoms with Gasteiger partial charge in [0, 0.05) is 20.1 Å². The molecule has 2 saturated heterocycles. The summed E-state index contributed by atoms with van der Waals surface area (Å²) in [4.78, 5) is 0. The van der Waals surface area contributed by atoms with Crippen LogP contribution < -0.4 is 0 Å². The fourth-order valence-corrected chi connectivity index (χ4v) is 11.5. The number of aliphatic hydroxyl groups is 8. The highest BCUT2D eigenvalue weighted by Gasteiger charge is 2.64. The number of rotatable bonds is 14. The zero-order valence-electron chi connectivity index (χ0n) is 34.4. The lowest BCUT2D eigenvalue weighted by Gasteiger charge is -2.60. The number of allylic oxidation sites excluding steroid dienone is 2. The molecule has 3 saturated carbocycles.